The standard InChI is InChI=1S/C17H20F2N2O2/c1-10-4-6-21(7-5-10)17(23)13-9-12(13)16(22)20-15-3-2-11(18)8-14(15)19/h2-3,8,10,12-13H,4-7,9H2,1H3,(H,20,22). The van der Waals surface area contributed by atoms with Crippen molar-refractivity contribution >= 4 is 17.5 Å². The fraction of sp³-hybridized carbons (Fsp3) is 0.529. The van der Waals surface area contributed by atoms with E-state index in [-0.39, 0.29) is 23.4 Å². The van der Waals surface area contributed by atoms with E-state index in [9.17, 15) is 18.4 Å². The van der Waals surface area contributed by atoms with Gasteiger partial charge in [0.1, 0.15) is 11.6 Å². The van der Waals surface area contributed by atoms with E-state index < -0.39 is 17.6 Å². The number of nitrogens with one attached hydrogen (secondary N) is 1. The molecule has 2 atom stereocenters. The molecule has 23 heavy (non-hydrogen) atoms. The molecule has 2 fully saturated rings. The summed E-state index contributed by atoms with van der Waals surface area (Å²) in [4.78, 5) is 26.3. The van der Waals surface area contributed by atoms with Crippen LogP contribution in [0.2, 0.25) is 0 Å². The second kappa shape index (κ2) is 6.26. The van der Waals surface area contributed by atoms with Gasteiger partial charge in [-0.25, -0.2) is 8.78 Å². The molecule has 2 unspecified atom stereocenters. The first-order chi connectivity index (χ1) is 11.0. The Morgan fingerprint density at radius 1 is 1.17 bits per heavy atom. The van der Waals surface area contributed by atoms with Gasteiger partial charge < -0.3 is 10.2 Å². The summed E-state index contributed by atoms with van der Waals surface area (Å²) in [6, 6.07) is 3.00. The van der Waals surface area contributed by atoms with Gasteiger partial charge in [0, 0.05) is 19.2 Å². The summed E-state index contributed by atoms with van der Waals surface area (Å²) in [6.07, 6.45) is 2.49. The summed E-state index contributed by atoms with van der Waals surface area (Å²) in [5.74, 6) is -1.93. The van der Waals surface area contributed by atoms with Crippen molar-refractivity contribution in [2.75, 3.05) is 18.4 Å². The van der Waals surface area contributed by atoms with Crippen LogP contribution < -0.4 is 5.32 Å². The van der Waals surface area contributed by atoms with Gasteiger partial charge in [0.05, 0.1) is 17.5 Å². The maximum atomic E-state index is 13.5. The second-order valence-electron chi connectivity index (χ2n) is 6.57. The smallest absolute Gasteiger partial charge is 0.228 e. The van der Waals surface area contributed by atoms with Gasteiger partial charge in [-0.1, -0.05) is 6.92 Å². The molecule has 1 aliphatic carbocycles. The fourth-order valence-electron chi connectivity index (χ4n) is 3.04. The number of halogens is 2. The number of likely N-dealkylation sites (tertiary alicyclic amines) is 1. The monoisotopic (exact) mass is 322 g/mol. The van der Waals surface area contributed by atoms with E-state index >= 15 is 0 Å². The minimum absolute atomic E-state index is 0.0247. The van der Waals surface area contributed by atoms with E-state index in [0.29, 0.717) is 12.3 Å². The number of carbonyl (C=O) groups is 2. The quantitative estimate of drug-likeness (QED) is 0.930. The molecule has 1 heterocycles. The molecule has 1 N–H and O–H groups in total. The Morgan fingerprint density at radius 3 is 2.52 bits per heavy atom. The first-order valence-electron chi connectivity index (χ1n) is 8.00. The Bertz CT molecular complexity index is 627. The van der Waals surface area contributed by atoms with Crippen molar-refractivity contribution < 1.29 is 18.4 Å². The lowest BCUT2D eigenvalue weighted by molar-refractivity contribution is -0.135. The molecule has 124 valence electrons. The molecule has 0 aromatic heterocycles. The number of rotatable bonds is 3. The minimum Gasteiger partial charge on any atom is -0.342 e. The van der Waals surface area contributed by atoms with Crippen LogP contribution >= 0.6 is 0 Å². The number of hydrogen-bond acceptors (Lipinski definition) is 2. The highest BCUT2D eigenvalue weighted by Gasteiger charge is 2.49. The summed E-state index contributed by atoms with van der Waals surface area (Å²) in [6.45, 7) is 3.67. The minimum atomic E-state index is -0.813. The summed E-state index contributed by atoms with van der Waals surface area (Å²) in [5.41, 5.74) is -0.0544. The molecule has 1 saturated carbocycles. The predicted octanol–water partition coefficient (Wildman–Crippen LogP) is 2.80. The van der Waals surface area contributed by atoms with Crippen molar-refractivity contribution in [3.8, 4) is 0 Å². The lowest BCUT2D eigenvalue weighted by Crippen LogP contribution is -2.39. The number of nitrogens with zero attached hydrogens (tertiary/aromatic N) is 1. The summed E-state index contributed by atoms with van der Waals surface area (Å²) >= 11 is 0. The van der Waals surface area contributed by atoms with Crippen LogP contribution in [0.4, 0.5) is 14.5 Å². The second-order valence-corrected chi connectivity index (χ2v) is 6.57. The number of carbonyl (C=O) groups excluding carboxylic acids is 2. The van der Waals surface area contributed by atoms with E-state index in [4.69, 9.17) is 0 Å². The summed E-state index contributed by atoms with van der Waals surface area (Å²) in [5, 5.41) is 2.44. The first-order valence-corrected chi connectivity index (χ1v) is 8.00. The fourth-order valence-corrected chi connectivity index (χ4v) is 3.04. The van der Waals surface area contributed by atoms with Gasteiger partial charge in [-0.2, -0.15) is 0 Å². The SMILES string of the molecule is CC1CCN(C(=O)C2CC2C(=O)Nc2ccc(F)cc2F)CC1. The Labute approximate surface area is 133 Å². The molecule has 1 aromatic rings. The van der Waals surface area contributed by atoms with Crippen molar-refractivity contribution in [1.82, 2.24) is 4.90 Å². The van der Waals surface area contributed by atoms with E-state index in [1.54, 1.807) is 0 Å². The van der Waals surface area contributed by atoms with E-state index in [1.807, 2.05) is 4.90 Å². The number of anilines is 1. The van der Waals surface area contributed by atoms with Crippen molar-refractivity contribution in [2.24, 2.45) is 17.8 Å². The molecule has 4 nitrogen and oxygen atoms in total. The van der Waals surface area contributed by atoms with Crippen molar-refractivity contribution in [1.29, 1.82) is 0 Å². The average Bonchev–Trinajstić information content (AvgIpc) is 3.31. The average molecular weight is 322 g/mol. The van der Waals surface area contributed by atoms with Gasteiger partial charge in [-0.05, 0) is 37.3 Å². The third-order valence-corrected chi connectivity index (χ3v) is 4.73. The Hall–Kier alpha value is -1.98. The molecule has 1 saturated heterocycles. The van der Waals surface area contributed by atoms with Crippen molar-refractivity contribution in [2.45, 2.75) is 26.2 Å². The zero-order valence-corrected chi connectivity index (χ0v) is 13.0. The molecule has 6 heteroatoms. The highest BCUT2D eigenvalue weighted by atomic mass is 19.1. The van der Waals surface area contributed by atoms with E-state index in [1.165, 1.54) is 6.07 Å². The Morgan fingerprint density at radius 2 is 1.87 bits per heavy atom. The third kappa shape index (κ3) is 3.51. The largest absolute Gasteiger partial charge is 0.342 e. The molecule has 3 rings (SSSR count). The lowest BCUT2D eigenvalue weighted by Gasteiger charge is -2.30. The van der Waals surface area contributed by atoms with Crippen LogP contribution in [0.1, 0.15) is 26.2 Å². The number of amides is 2. The molecule has 0 spiro atoms. The highest BCUT2D eigenvalue weighted by molar-refractivity contribution is 5.99. The maximum absolute atomic E-state index is 13.5. The van der Waals surface area contributed by atoms with Crippen LogP contribution in [-0.4, -0.2) is 29.8 Å². The molecular formula is C17H20F2N2O2. The topological polar surface area (TPSA) is 49.4 Å². The summed E-state index contributed by atoms with van der Waals surface area (Å²) in [7, 11) is 0. The lowest BCUT2D eigenvalue weighted by atomic mass is 9.99. The summed E-state index contributed by atoms with van der Waals surface area (Å²) < 4.78 is 26.4. The normalized spacial score (nSPS) is 24.4. The number of hydrogen-bond donors (Lipinski definition) is 1. The first kappa shape index (κ1) is 15.9. The molecule has 1 aromatic carbocycles. The van der Waals surface area contributed by atoms with E-state index in [2.05, 4.69) is 12.2 Å². The Balaban J connectivity index is 1.55. The molecule has 2 amide bonds. The van der Waals surface area contributed by atoms with Gasteiger partial charge in [-0.3, -0.25) is 9.59 Å². The zero-order valence-electron chi connectivity index (χ0n) is 13.0. The van der Waals surface area contributed by atoms with Crippen LogP contribution in [0.5, 0.6) is 0 Å². The predicted molar refractivity (Wildman–Crippen MR) is 81.6 cm³/mol. The van der Waals surface area contributed by atoms with Crippen LogP contribution in [0.15, 0.2) is 18.2 Å². The zero-order chi connectivity index (χ0) is 16.6. The van der Waals surface area contributed by atoms with Gasteiger partial charge in [0.25, 0.3) is 0 Å². The molecule has 1 aliphatic heterocycles. The van der Waals surface area contributed by atoms with Crippen LogP contribution in [-0.2, 0) is 9.59 Å². The maximum Gasteiger partial charge on any atom is 0.228 e. The molecule has 2 aliphatic rings. The molecule has 0 radical (unpaired) electrons. The van der Waals surface area contributed by atoms with Crippen LogP contribution in [0.25, 0.3) is 0 Å². The van der Waals surface area contributed by atoms with Crippen LogP contribution in [0, 0.1) is 29.4 Å². The number of piperidine rings is 1. The van der Waals surface area contributed by atoms with Gasteiger partial charge in [-0.15, -0.1) is 0 Å². The number of benzene rings is 1. The van der Waals surface area contributed by atoms with Crippen molar-refractivity contribution in [3.63, 3.8) is 0 Å². The highest BCUT2D eigenvalue weighted by Crippen LogP contribution is 2.41. The van der Waals surface area contributed by atoms with Gasteiger partial charge in [0.15, 0.2) is 0 Å². The molecule has 0 bridgehead atoms. The van der Waals surface area contributed by atoms with Crippen molar-refractivity contribution in [3.05, 3.63) is 29.8 Å². The van der Waals surface area contributed by atoms with Crippen LogP contribution in [0.3, 0.4) is 0 Å². The van der Waals surface area contributed by atoms with Gasteiger partial charge >= 0.3 is 0 Å². The third-order valence-electron chi connectivity index (χ3n) is 4.73. The van der Waals surface area contributed by atoms with Gasteiger partial charge in [0.2, 0.25) is 11.8 Å². The Kier molecular flexibility index (Phi) is 4.33. The van der Waals surface area contributed by atoms with E-state index in [0.717, 1.165) is 38.1 Å². The molecular weight excluding hydrogens is 302 g/mol.